The Labute approximate surface area is 124 Å². The number of nitro groups is 1. The van der Waals surface area contributed by atoms with E-state index in [1.54, 1.807) is 6.07 Å². The second-order valence-corrected chi connectivity index (χ2v) is 4.36. The van der Waals surface area contributed by atoms with Crippen LogP contribution in [0.2, 0.25) is 0 Å². The average Bonchev–Trinajstić information content (AvgIpc) is 2.53. The molecule has 0 unspecified atom stereocenters. The van der Waals surface area contributed by atoms with Gasteiger partial charge < -0.3 is 10.4 Å². The summed E-state index contributed by atoms with van der Waals surface area (Å²) in [7, 11) is 0. The van der Waals surface area contributed by atoms with Gasteiger partial charge in [-0.15, -0.1) is 0 Å². The minimum Gasteiger partial charge on any atom is -0.392 e. The Bertz CT molecular complexity index is 758. The van der Waals surface area contributed by atoms with Crippen LogP contribution in [-0.4, -0.2) is 15.0 Å². The molecule has 7 nitrogen and oxygen atoms in total. The molecular weight excluding hydrogens is 291 g/mol. The molecule has 0 saturated carbocycles. The zero-order valence-electron chi connectivity index (χ0n) is 11.3. The minimum absolute atomic E-state index is 0.0427. The van der Waals surface area contributed by atoms with Crippen molar-refractivity contribution in [3.05, 3.63) is 63.1 Å². The van der Waals surface area contributed by atoms with Gasteiger partial charge in [-0.2, -0.15) is 5.26 Å². The highest BCUT2D eigenvalue weighted by atomic mass is 19.1. The van der Waals surface area contributed by atoms with Gasteiger partial charge in [0.15, 0.2) is 0 Å². The van der Waals surface area contributed by atoms with Gasteiger partial charge in [0.25, 0.3) is 0 Å². The van der Waals surface area contributed by atoms with E-state index < -0.39 is 23.0 Å². The SMILES string of the molecule is N#Cc1ccnc(NCc2ccc(F)c(CO)c2)c1[N+](=O)[O-]. The third kappa shape index (κ3) is 3.16. The van der Waals surface area contributed by atoms with E-state index in [4.69, 9.17) is 10.4 Å². The van der Waals surface area contributed by atoms with Crippen molar-refractivity contribution in [3.63, 3.8) is 0 Å². The maximum Gasteiger partial charge on any atom is 0.328 e. The smallest absolute Gasteiger partial charge is 0.328 e. The molecule has 22 heavy (non-hydrogen) atoms. The maximum absolute atomic E-state index is 13.3. The van der Waals surface area contributed by atoms with Crippen LogP contribution in [0, 0.1) is 27.3 Å². The molecule has 0 aliphatic heterocycles. The number of halogens is 1. The standard InChI is InChI=1S/C14H11FN4O3/c15-12-2-1-9(5-11(12)8-20)7-18-14-13(19(21)22)10(6-16)3-4-17-14/h1-5,20H,7-8H2,(H,17,18). The first kappa shape index (κ1) is 15.3. The van der Waals surface area contributed by atoms with Crippen molar-refractivity contribution in [2.24, 2.45) is 0 Å². The predicted molar refractivity (Wildman–Crippen MR) is 75.3 cm³/mol. The van der Waals surface area contributed by atoms with Crippen LogP contribution in [0.25, 0.3) is 0 Å². The van der Waals surface area contributed by atoms with Crippen LogP contribution in [0.3, 0.4) is 0 Å². The summed E-state index contributed by atoms with van der Waals surface area (Å²) in [6.45, 7) is -0.308. The predicted octanol–water partition coefficient (Wildman–Crippen LogP) is 2.10. The second-order valence-electron chi connectivity index (χ2n) is 4.36. The molecule has 2 N–H and O–H groups in total. The molecular formula is C14H11FN4O3. The van der Waals surface area contributed by atoms with Crippen LogP contribution >= 0.6 is 0 Å². The first-order valence-electron chi connectivity index (χ1n) is 6.22. The molecule has 1 aromatic carbocycles. The van der Waals surface area contributed by atoms with Crippen molar-refractivity contribution in [3.8, 4) is 6.07 Å². The Morgan fingerprint density at radius 2 is 2.23 bits per heavy atom. The molecule has 1 aromatic heterocycles. The lowest BCUT2D eigenvalue weighted by Crippen LogP contribution is -2.06. The lowest BCUT2D eigenvalue weighted by molar-refractivity contribution is -0.384. The molecule has 8 heteroatoms. The highest BCUT2D eigenvalue weighted by Crippen LogP contribution is 2.26. The minimum atomic E-state index is -0.683. The van der Waals surface area contributed by atoms with Crippen LogP contribution < -0.4 is 5.32 Å². The van der Waals surface area contributed by atoms with Gasteiger partial charge in [0.1, 0.15) is 17.4 Å². The fourth-order valence-electron chi connectivity index (χ4n) is 1.90. The van der Waals surface area contributed by atoms with Gasteiger partial charge in [0.05, 0.1) is 11.5 Å². The van der Waals surface area contributed by atoms with Crippen molar-refractivity contribution in [2.45, 2.75) is 13.2 Å². The first-order chi connectivity index (χ1) is 10.6. The van der Waals surface area contributed by atoms with E-state index in [1.165, 1.54) is 30.5 Å². The third-order valence-electron chi connectivity index (χ3n) is 2.97. The molecule has 0 atom stereocenters. The highest BCUT2D eigenvalue weighted by molar-refractivity contribution is 5.64. The van der Waals surface area contributed by atoms with E-state index in [1.807, 2.05) is 0 Å². The summed E-state index contributed by atoms with van der Waals surface area (Å²) in [4.78, 5) is 14.2. The molecule has 0 aliphatic carbocycles. The monoisotopic (exact) mass is 302 g/mol. The molecule has 0 fully saturated rings. The molecule has 2 rings (SSSR count). The summed E-state index contributed by atoms with van der Waals surface area (Å²) in [6.07, 6.45) is 1.29. The number of pyridine rings is 1. The summed E-state index contributed by atoms with van der Waals surface area (Å²) in [5.41, 5.74) is 0.239. The van der Waals surface area contributed by atoms with E-state index >= 15 is 0 Å². The third-order valence-corrected chi connectivity index (χ3v) is 2.97. The Balaban J connectivity index is 2.26. The van der Waals surface area contributed by atoms with E-state index in [0.717, 1.165) is 0 Å². The van der Waals surface area contributed by atoms with Crippen molar-refractivity contribution in [1.82, 2.24) is 4.98 Å². The molecule has 112 valence electrons. The number of aromatic nitrogens is 1. The molecule has 0 aliphatic rings. The normalized spacial score (nSPS) is 10.0. The number of nitriles is 1. The number of nitrogens with one attached hydrogen (secondary N) is 1. The van der Waals surface area contributed by atoms with Gasteiger partial charge >= 0.3 is 5.69 Å². The van der Waals surface area contributed by atoms with E-state index in [-0.39, 0.29) is 23.5 Å². The molecule has 1 heterocycles. The lowest BCUT2D eigenvalue weighted by atomic mass is 10.1. The number of aliphatic hydroxyl groups is 1. The van der Waals surface area contributed by atoms with E-state index in [2.05, 4.69) is 10.3 Å². The molecule has 0 amide bonds. The van der Waals surface area contributed by atoms with Crippen LogP contribution in [-0.2, 0) is 13.2 Å². The Morgan fingerprint density at radius 1 is 1.45 bits per heavy atom. The molecule has 2 aromatic rings. The second kappa shape index (κ2) is 6.60. The zero-order valence-corrected chi connectivity index (χ0v) is 11.3. The van der Waals surface area contributed by atoms with Crippen LogP contribution in [0.4, 0.5) is 15.9 Å². The van der Waals surface area contributed by atoms with Gasteiger partial charge in [-0.05, 0) is 23.8 Å². The van der Waals surface area contributed by atoms with Crippen molar-refractivity contribution < 1.29 is 14.4 Å². The number of benzene rings is 1. The summed E-state index contributed by atoms with van der Waals surface area (Å²) >= 11 is 0. The van der Waals surface area contributed by atoms with Gasteiger partial charge in [0.2, 0.25) is 5.82 Å². The van der Waals surface area contributed by atoms with Crippen molar-refractivity contribution in [1.29, 1.82) is 5.26 Å². The topological polar surface area (TPSA) is 112 Å². The largest absolute Gasteiger partial charge is 0.392 e. The summed E-state index contributed by atoms with van der Waals surface area (Å²) in [5, 5.41) is 31.7. The fourth-order valence-corrected chi connectivity index (χ4v) is 1.90. The fraction of sp³-hybridized carbons (Fsp3) is 0.143. The first-order valence-corrected chi connectivity index (χ1v) is 6.22. The van der Waals surface area contributed by atoms with Gasteiger partial charge in [0, 0.05) is 18.3 Å². The number of nitrogens with zero attached hydrogens (tertiary/aromatic N) is 3. The number of rotatable bonds is 5. The van der Waals surface area contributed by atoms with Crippen LogP contribution in [0.15, 0.2) is 30.5 Å². The number of hydrogen-bond acceptors (Lipinski definition) is 6. The number of anilines is 1. The van der Waals surface area contributed by atoms with Crippen molar-refractivity contribution in [2.75, 3.05) is 5.32 Å². The molecule has 0 spiro atoms. The van der Waals surface area contributed by atoms with Gasteiger partial charge in [-0.1, -0.05) is 6.07 Å². The highest BCUT2D eigenvalue weighted by Gasteiger charge is 2.20. The molecule has 0 bridgehead atoms. The van der Waals surface area contributed by atoms with Crippen LogP contribution in [0.5, 0.6) is 0 Å². The zero-order chi connectivity index (χ0) is 16.1. The van der Waals surface area contributed by atoms with Crippen LogP contribution in [0.1, 0.15) is 16.7 Å². The Morgan fingerprint density at radius 3 is 2.86 bits per heavy atom. The van der Waals surface area contributed by atoms with E-state index in [0.29, 0.717) is 5.56 Å². The summed E-state index contributed by atoms with van der Waals surface area (Å²) < 4.78 is 13.3. The number of aliphatic hydroxyl groups excluding tert-OH is 1. The Hall–Kier alpha value is -3.05. The van der Waals surface area contributed by atoms with E-state index in [9.17, 15) is 14.5 Å². The average molecular weight is 302 g/mol. The molecule has 0 radical (unpaired) electrons. The van der Waals surface area contributed by atoms with Gasteiger partial charge in [-0.25, -0.2) is 9.37 Å². The Kier molecular flexibility index (Phi) is 4.60. The maximum atomic E-state index is 13.3. The van der Waals surface area contributed by atoms with Gasteiger partial charge in [-0.3, -0.25) is 10.1 Å². The summed E-state index contributed by atoms with van der Waals surface area (Å²) in [5.74, 6) is -0.569. The number of hydrogen-bond donors (Lipinski definition) is 2. The lowest BCUT2D eigenvalue weighted by Gasteiger charge is -2.08. The summed E-state index contributed by atoms with van der Waals surface area (Å²) in [6, 6.07) is 7.13. The van der Waals surface area contributed by atoms with Crippen molar-refractivity contribution >= 4 is 11.5 Å². The quantitative estimate of drug-likeness (QED) is 0.646. The molecule has 0 saturated heterocycles.